The maximum absolute atomic E-state index is 3.93. The molecule has 1 heteroatoms. The third kappa shape index (κ3) is 2.15. The summed E-state index contributed by atoms with van der Waals surface area (Å²) in [5.74, 6) is 1.07. The average Bonchev–Trinajstić information content (AvgIpc) is 3.04. The number of anilines is 1. The van der Waals surface area contributed by atoms with E-state index in [1.807, 2.05) is 0 Å². The van der Waals surface area contributed by atoms with Gasteiger partial charge in [-0.1, -0.05) is 66.7 Å². The lowest BCUT2D eigenvalue weighted by atomic mass is 9.73. The molecule has 1 aliphatic heterocycles. The summed E-state index contributed by atoms with van der Waals surface area (Å²) in [6.45, 7) is 4.50. The van der Waals surface area contributed by atoms with E-state index in [0.717, 1.165) is 6.42 Å². The van der Waals surface area contributed by atoms with E-state index in [-0.39, 0.29) is 0 Å². The third-order valence-corrected chi connectivity index (χ3v) is 6.14. The van der Waals surface area contributed by atoms with E-state index in [4.69, 9.17) is 0 Å². The smallest absolute Gasteiger partial charge is 0.0554 e. The molecular weight excluding hydrogens is 302 g/mol. The summed E-state index contributed by atoms with van der Waals surface area (Å²) in [6.07, 6.45) is 1.15. The van der Waals surface area contributed by atoms with Crippen molar-refractivity contribution in [2.75, 3.05) is 5.32 Å². The molecular formula is C24H23N. The van der Waals surface area contributed by atoms with Crippen LogP contribution in [0.15, 0.2) is 66.7 Å². The predicted molar refractivity (Wildman–Crippen MR) is 104 cm³/mol. The van der Waals surface area contributed by atoms with Crippen molar-refractivity contribution in [3.63, 3.8) is 0 Å². The SMILES string of the molecule is Cc1ccc(C)c2c1N[C@@H](c1ccccc1)[C@H]1Cc3ccccc3[C@@H]21. The zero-order chi connectivity index (χ0) is 17.0. The van der Waals surface area contributed by atoms with Crippen molar-refractivity contribution in [2.45, 2.75) is 32.2 Å². The van der Waals surface area contributed by atoms with Crippen molar-refractivity contribution in [3.8, 4) is 0 Å². The molecule has 1 nitrogen and oxygen atoms in total. The van der Waals surface area contributed by atoms with Gasteiger partial charge in [0.1, 0.15) is 0 Å². The fourth-order valence-electron chi connectivity index (χ4n) is 4.98. The number of hydrogen-bond donors (Lipinski definition) is 1. The molecule has 0 saturated heterocycles. The van der Waals surface area contributed by atoms with E-state index in [0.29, 0.717) is 17.9 Å². The molecule has 0 aromatic heterocycles. The summed E-state index contributed by atoms with van der Waals surface area (Å²) in [5.41, 5.74) is 10.1. The fourth-order valence-corrected chi connectivity index (χ4v) is 4.98. The molecule has 3 aromatic rings. The summed E-state index contributed by atoms with van der Waals surface area (Å²) in [4.78, 5) is 0. The molecule has 3 aromatic carbocycles. The van der Waals surface area contributed by atoms with Gasteiger partial charge in [-0.05, 0) is 59.6 Å². The topological polar surface area (TPSA) is 12.0 Å². The van der Waals surface area contributed by atoms with Crippen LogP contribution in [0.4, 0.5) is 5.69 Å². The van der Waals surface area contributed by atoms with Crippen LogP contribution >= 0.6 is 0 Å². The summed E-state index contributed by atoms with van der Waals surface area (Å²) in [7, 11) is 0. The zero-order valence-electron chi connectivity index (χ0n) is 14.8. The number of fused-ring (bicyclic) bond motifs is 5. The van der Waals surface area contributed by atoms with Gasteiger partial charge in [0.05, 0.1) is 6.04 Å². The van der Waals surface area contributed by atoms with Gasteiger partial charge in [-0.2, -0.15) is 0 Å². The van der Waals surface area contributed by atoms with Crippen LogP contribution in [0.2, 0.25) is 0 Å². The summed E-state index contributed by atoms with van der Waals surface area (Å²) >= 11 is 0. The molecule has 0 saturated carbocycles. The number of rotatable bonds is 1. The molecule has 0 bridgehead atoms. The van der Waals surface area contributed by atoms with Gasteiger partial charge in [0, 0.05) is 11.6 Å². The fraction of sp³-hybridized carbons (Fsp3) is 0.250. The van der Waals surface area contributed by atoms with Crippen LogP contribution < -0.4 is 5.32 Å². The molecule has 1 aliphatic carbocycles. The van der Waals surface area contributed by atoms with Crippen LogP contribution in [0.25, 0.3) is 0 Å². The molecule has 0 radical (unpaired) electrons. The highest BCUT2D eigenvalue weighted by atomic mass is 15.0. The van der Waals surface area contributed by atoms with Crippen molar-refractivity contribution in [1.82, 2.24) is 0 Å². The Kier molecular flexibility index (Phi) is 3.24. The molecule has 2 aliphatic rings. The number of hydrogen-bond acceptors (Lipinski definition) is 1. The Morgan fingerprint density at radius 3 is 2.36 bits per heavy atom. The van der Waals surface area contributed by atoms with Crippen LogP contribution in [-0.2, 0) is 6.42 Å². The Hall–Kier alpha value is -2.54. The Labute approximate surface area is 149 Å². The average molecular weight is 325 g/mol. The number of benzene rings is 3. The van der Waals surface area contributed by atoms with Crippen molar-refractivity contribution in [1.29, 1.82) is 0 Å². The van der Waals surface area contributed by atoms with Crippen molar-refractivity contribution >= 4 is 5.69 Å². The van der Waals surface area contributed by atoms with Gasteiger partial charge in [-0.3, -0.25) is 0 Å². The zero-order valence-corrected chi connectivity index (χ0v) is 14.8. The first-order valence-corrected chi connectivity index (χ1v) is 9.23. The Balaban J connectivity index is 1.75. The maximum atomic E-state index is 3.93. The lowest BCUT2D eigenvalue weighted by molar-refractivity contribution is 0.419. The lowest BCUT2D eigenvalue weighted by Crippen LogP contribution is -2.31. The van der Waals surface area contributed by atoms with E-state index in [2.05, 4.69) is 85.9 Å². The molecule has 0 spiro atoms. The van der Waals surface area contributed by atoms with Gasteiger partial charge in [0.15, 0.2) is 0 Å². The molecule has 1 N–H and O–H groups in total. The second-order valence-corrected chi connectivity index (χ2v) is 7.57. The largest absolute Gasteiger partial charge is 0.377 e. The Morgan fingerprint density at radius 1 is 0.800 bits per heavy atom. The number of nitrogens with one attached hydrogen (secondary N) is 1. The molecule has 25 heavy (non-hydrogen) atoms. The third-order valence-electron chi connectivity index (χ3n) is 6.14. The van der Waals surface area contributed by atoms with Crippen molar-refractivity contribution in [3.05, 3.63) is 100 Å². The standard InChI is InChI=1S/C24H23N/c1-15-12-13-16(2)23-21(15)22-19-11-7-6-10-18(19)14-20(22)24(25-23)17-8-4-3-5-9-17/h3-13,20,22,24-25H,14H2,1-2H3/t20-,22+,24-/m0/s1. The lowest BCUT2D eigenvalue weighted by Gasteiger charge is -2.39. The first-order valence-electron chi connectivity index (χ1n) is 9.23. The molecule has 0 fully saturated rings. The molecule has 5 rings (SSSR count). The van der Waals surface area contributed by atoms with Gasteiger partial charge in [0.25, 0.3) is 0 Å². The first-order chi connectivity index (χ1) is 12.2. The minimum absolute atomic E-state index is 0.367. The van der Waals surface area contributed by atoms with Gasteiger partial charge in [-0.25, -0.2) is 0 Å². The van der Waals surface area contributed by atoms with Crippen LogP contribution in [0.1, 0.15) is 45.3 Å². The van der Waals surface area contributed by atoms with Crippen LogP contribution in [0.3, 0.4) is 0 Å². The first kappa shape index (κ1) is 14.8. The number of aryl methyl sites for hydroxylation is 2. The van der Waals surface area contributed by atoms with Gasteiger partial charge < -0.3 is 5.32 Å². The van der Waals surface area contributed by atoms with E-state index in [1.54, 1.807) is 0 Å². The van der Waals surface area contributed by atoms with Gasteiger partial charge in [0.2, 0.25) is 0 Å². The minimum atomic E-state index is 0.367. The normalized spacial score (nSPS) is 23.4. The Morgan fingerprint density at radius 2 is 1.52 bits per heavy atom. The molecule has 124 valence electrons. The quantitative estimate of drug-likeness (QED) is 0.598. The van der Waals surface area contributed by atoms with E-state index in [9.17, 15) is 0 Å². The van der Waals surface area contributed by atoms with Gasteiger partial charge in [-0.15, -0.1) is 0 Å². The monoisotopic (exact) mass is 325 g/mol. The van der Waals surface area contributed by atoms with Crippen LogP contribution in [0.5, 0.6) is 0 Å². The molecule has 0 amide bonds. The highest BCUT2D eigenvalue weighted by Crippen LogP contribution is 2.55. The van der Waals surface area contributed by atoms with E-state index >= 15 is 0 Å². The highest BCUT2D eigenvalue weighted by molar-refractivity contribution is 5.68. The van der Waals surface area contributed by atoms with Crippen LogP contribution in [0, 0.1) is 19.8 Å². The van der Waals surface area contributed by atoms with Gasteiger partial charge >= 0.3 is 0 Å². The Bertz CT molecular complexity index is 942. The summed E-state index contributed by atoms with van der Waals surface area (Å²) in [5, 5.41) is 3.93. The van der Waals surface area contributed by atoms with Crippen molar-refractivity contribution < 1.29 is 0 Å². The molecule has 1 heterocycles. The highest BCUT2D eigenvalue weighted by Gasteiger charge is 2.44. The molecule has 3 atom stereocenters. The van der Waals surface area contributed by atoms with Crippen LogP contribution in [-0.4, -0.2) is 0 Å². The minimum Gasteiger partial charge on any atom is -0.377 e. The maximum Gasteiger partial charge on any atom is 0.0554 e. The predicted octanol–water partition coefficient (Wildman–Crippen LogP) is 5.77. The second-order valence-electron chi connectivity index (χ2n) is 7.57. The van der Waals surface area contributed by atoms with E-state index < -0.39 is 0 Å². The second kappa shape index (κ2) is 5.49. The van der Waals surface area contributed by atoms with E-state index in [1.165, 1.54) is 39.1 Å². The molecule has 0 unspecified atom stereocenters. The van der Waals surface area contributed by atoms with Crippen molar-refractivity contribution in [2.24, 2.45) is 5.92 Å². The summed E-state index contributed by atoms with van der Waals surface area (Å²) in [6, 6.07) is 24.9. The summed E-state index contributed by atoms with van der Waals surface area (Å²) < 4.78 is 0.